The lowest BCUT2D eigenvalue weighted by atomic mass is 10.0. The summed E-state index contributed by atoms with van der Waals surface area (Å²) in [5.41, 5.74) is 28.3. The molecule has 0 atom stereocenters. The number of nitrogens with one attached hydrogen (secondary N) is 2. The first kappa shape index (κ1) is 96.7. The van der Waals surface area contributed by atoms with E-state index >= 15 is 0 Å². The van der Waals surface area contributed by atoms with Crippen molar-refractivity contribution in [2.45, 2.75) is 165 Å². The van der Waals surface area contributed by atoms with Gasteiger partial charge in [-0.05, 0) is 131 Å². The average Bonchev–Trinajstić information content (AvgIpc) is 1.80. The summed E-state index contributed by atoms with van der Waals surface area (Å²) in [6.07, 6.45) is 17.3. The smallest absolute Gasteiger partial charge is 0.271 e. The van der Waals surface area contributed by atoms with Crippen LogP contribution in [0.4, 0.5) is 5.69 Å². The molecule has 0 aliphatic carbocycles. The maximum Gasteiger partial charge on any atom is 0.271 e. The van der Waals surface area contributed by atoms with Gasteiger partial charge >= 0.3 is 0 Å². The Labute approximate surface area is 629 Å². The van der Waals surface area contributed by atoms with Gasteiger partial charge in [0.05, 0.1) is 12.9 Å². The first-order valence-electron chi connectivity index (χ1n) is 36.2. The Morgan fingerprint density at radius 1 is 0.471 bits per heavy atom. The lowest BCUT2D eigenvalue weighted by Crippen LogP contribution is -2.18. The van der Waals surface area contributed by atoms with E-state index in [1.807, 2.05) is 292 Å². The fourth-order valence-corrected chi connectivity index (χ4v) is 8.17. The molecule has 9 rings (SSSR count). The number of amides is 2. The summed E-state index contributed by atoms with van der Waals surface area (Å²) < 4.78 is 5.65. The zero-order chi connectivity index (χ0) is 79.4. The number of rotatable bonds is 14. The molecule has 0 aliphatic rings. The number of ketones is 2. The van der Waals surface area contributed by atoms with Gasteiger partial charge in [-0.1, -0.05) is 221 Å². The van der Waals surface area contributed by atoms with Crippen molar-refractivity contribution >= 4 is 29.1 Å². The summed E-state index contributed by atoms with van der Waals surface area (Å²) >= 11 is 0. The molecule has 0 aliphatic heterocycles. The van der Waals surface area contributed by atoms with E-state index in [0.717, 1.165) is 68.3 Å². The molecule has 562 valence electrons. The van der Waals surface area contributed by atoms with Crippen LogP contribution in [0.3, 0.4) is 0 Å². The summed E-state index contributed by atoms with van der Waals surface area (Å²) in [4.78, 5) is 64.6. The molecule has 0 unspecified atom stereocenters. The van der Waals surface area contributed by atoms with Crippen LogP contribution >= 0.6 is 0 Å². The number of Topliss-reactive ketones (excluding diaryl/α,β-unsaturated/α-hetero) is 2. The van der Waals surface area contributed by atoms with Gasteiger partial charge in [0.1, 0.15) is 17.8 Å². The summed E-state index contributed by atoms with van der Waals surface area (Å²) in [7, 11) is 5.57. The van der Waals surface area contributed by atoms with Gasteiger partial charge in [0.15, 0.2) is 11.6 Å². The monoisotopic (exact) mass is 1420 g/mol. The minimum absolute atomic E-state index is 0. The summed E-state index contributed by atoms with van der Waals surface area (Å²) in [6.45, 7) is 42.3. The molecule has 0 radical (unpaired) electrons. The number of benzene rings is 6. The number of hydrogen-bond donors (Lipinski definition) is 5. The summed E-state index contributed by atoms with van der Waals surface area (Å²) in [6, 6.07) is 45.0. The van der Waals surface area contributed by atoms with E-state index in [0.29, 0.717) is 46.6 Å². The zero-order valence-corrected chi connectivity index (χ0v) is 66.7. The molecule has 104 heavy (non-hydrogen) atoms. The number of nitrogens with two attached hydrogens (primary N) is 3. The van der Waals surface area contributed by atoms with Crippen molar-refractivity contribution in [1.82, 2.24) is 38.9 Å². The molecule has 3 aromatic heterocycles. The van der Waals surface area contributed by atoms with E-state index in [1.54, 1.807) is 66.9 Å². The summed E-state index contributed by atoms with van der Waals surface area (Å²) in [5, 5.41) is 5.40. The number of aromatic nitrogens is 6. The first-order chi connectivity index (χ1) is 50.6. The van der Waals surface area contributed by atoms with Crippen LogP contribution in [-0.4, -0.2) is 78.1 Å². The molecule has 2 amide bonds. The van der Waals surface area contributed by atoms with Crippen molar-refractivity contribution < 1.29 is 23.5 Å². The number of nitrogens with zero attached hydrogens (tertiary/aromatic N) is 7. The standard InChI is InChI=1S/C25H26N4O.C23H21N5O2.C22H19N3O.9C2H6.3H2/c1-19(17-26)10-11-20-6-4-8-22(14-20)24(30)16-21-7-5-9-23(15-21)29-13-12-27-25(29)18-28(2)3;1-16(13-24)9-10-17-5-3-7-19(11-17)27-22(29)18-6-4-8-20(12-18)28-14-21(26-15-28)23(30)25-2;1-17(15-23)8-9-18-4-2-6-20(12-18)22(26)14-19-5-3-7-21(13-19)25-11-10-24-16-25;9*1-2;;;/h4-9,12-15,17H,16,18,26H2,1-3H3;3-8,11-15H,24H2,1-2H3,(H,25,30)(H,27,29);2-7,10-13,15-16H,14,23H2,1H3;9*1-2H3;3*1H/b19-17+;16-13+;17-15+;;;;;;;;;;;;/i;;;;;;;;;;;;3*1+2. The predicted molar refractivity (Wildman–Crippen MR) is 448 cm³/mol. The van der Waals surface area contributed by atoms with Gasteiger partial charge in [0, 0.05) is 147 Å². The van der Waals surface area contributed by atoms with Crippen molar-refractivity contribution in [1.29, 1.82) is 0 Å². The van der Waals surface area contributed by atoms with Crippen LogP contribution in [0.5, 0.6) is 0 Å². The molecular formula is C88H126N12O4. The van der Waals surface area contributed by atoms with Crippen molar-refractivity contribution in [2.75, 3.05) is 26.5 Å². The van der Waals surface area contributed by atoms with E-state index in [-0.39, 0.29) is 27.7 Å². The van der Waals surface area contributed by atoms with Crippen molar-refractivity contribution in [3.05, 3.63) is 281 Å². The van der Waals surface area contributed by atoms with Crippen LogP contribution in [-0.2, 0) is 19.4 Å². The van der Waals surface area contributed by atoms with Gasteiger partial charge in [-0.2, -0.15) is 0 Å². The molecule has 16 heteroatoms. The Hall–Kier alpha value is -11.5. The van der Waals surface area contributed by atoms with Gasteiger partial charge in [0.2, 0.25) is 0 Å². The minimum atomic E-state index is -0.275. The second-order valence-corrected chi connectivity index (χ2v) is 19.8. The molecule has 0 bridgehead atoms. The molecule has 0 saturated carbocycles. The maximum atomic E-state index is 12.9. The normalized spacial score (nSPS) is 9.57. The predicted octanol–water partition coefficient (Wildman–Crippen LogP) is 19.8. The third-order valence-electron chi connectivity index (χ3n) is 12.7. The number of imidazole rings is 3. The number of anilines is 1. The Morgan fingerprint density at radius 3 is 1.35 bits per heavy atom. The summed E-state index contributed by atoms with van der Waals surface area (Å²) in [5.74, 6) is 18.5. The van der Waals surface area contributed by atoms with Gasteiger partial charge in [-0.3, -0.25) is 19.2 Å². The SMILES string of the molecule is C/C(C#Cc1cccc(C(=O)Cc2cccc(-n3ccnc3)c2)c1)=C\N.C/C(C#Cc1cccc(C(=O)Cc2cccc(-n3ccnc3CN(C)C)c2)c1)=C\N.CC.CC.CC.CC.CC.CC.CC.CC.CC.CNC(=O)c1cn(-c2cccc(C(=O)Nc3cccc(C#C/C(C)=C/N)c3)c2)cn1.[3HH].[3HH].[3HH]. The first-order valence-corrected chi connectivity index (χ1v) is 36.2. The van der Waals surface area contributed by atoms with Crippen molar-refractivity contribution in [3.8, 4) is 52.6 Å². The fourth-order valence-electron chi connectivity index (χ4n) is 8.17. The van der Waals surface area contributed by atoms with E-state index in [4.69, 9.17) is 17.2 Å². The zero-order valence-electron chi connectivity index (χ0n) is 66.7. The molecular weight excluding hydrogens is 1290 g/mol. The van der Waals surface area contributed by atoms with Crippen molar-refractivity contribution in [3.63, 3.8) is 0 Å². The van der Waals surface area contributed by atoms with Gasteiger partial charge < -0.3 is 46.4 Å². The van der Waals surface area contributed by atoms with E-state index in [2.05, 4.69) is 70.6 Å². The lowest BCUT2D eigenvalue weighted by Gasteiger charge is -2.13. The highest BCUT2D eigenvalue weighted by molar-refractivity contribution is 6.04. The Bertz CT molecular complexity index is 4190. The highest BCUT2D eigenvalue weighted by Crippen LogP contribution is 2.20. The number of hydrogen-bond acceptors (Lipinski definition) is 11. The van der Waals surface area contributed by atoms with Crippen LogP contribution in [0, 0.1) is 35.5 Å². The molecule has 16 nitrogen and oxygen atoms in total. The molecule has 3 heterocycles. The molecule has 0 spiro atoms. The van der Waals surface area contributed by atoms with E-state index < -0.39 is 0 Å². The van der Waals surface area contributed by atoms with Crippen LogP contribution in [0.1, 0.15) is 225 Å². The third-order valence-corrected chi connectivity index (χ3v) is 12.7. The van der Waals surface area contributed by atoms with Crippen LogP contribution in [0.2, 0.25) is 0 Å². The van der Waals surface area contributed by atoms with Crippen LogP contribution in [0.25, 0.3) is 17.1 Å². The number of carbonyl (C=O) groups is 4. The quantitative estimate of drug-likeness (QED) is 0.0508. The van der Waals surface area contributed by atoms with E-state index in [1.165, 1.54) is 24.9 Å². The average molecular weight is 1420 g/mol. The van der Waals surface area contributed by atoms with Crippen LogP contribution < -0.4 is 27.8 Å². The number of carbonyl (C=O) groups excluding carboxylic acids is 4. The van der Waals surface area contributed by atoms with E-state index in [9.17, 15) is 19.2 Å². The molecule has 8 N–H and O–H groups in total. The Balaban J connectivity index is -0.000000319. The fraction of sp³-hybridized carbons (Fsp3) is 0.307. The third kappa shape index (κ3) is 36.2. The lowest BCUT2D eigenvalue weighted by molar-refractivity contribution is 0.0955. The minimum Gasteiger partial charge on any atom is -0.404 e. The second kappa shape index (κ2) is 60.3. The highest BCUT2D eigenvalue weighted by atomic mass is 16.2. The Kier molecular flexibility index (Phi) is 56.0. The van der Waals surface area contributed by atoms with Gasteiger partial charge in [-0.15, -0.1) is 0 Å². The second-order valence-electron chi connectivity index (χ2n) is 19.8. The molecule has 0 saturated heterocycles. The van der Waals surface area contributed by atoms with Crippen molar-refractivity contribution in [2.24, 2.45) is 17.2 Å². The molecule has 9 aromatic rings. The largest absolute Gasteiger partial charge is 0.404 e. The number of allylic oxidation sites excluding steroid dienone is 3. The van der Waals surface area contributed by atoms with Crippen LogP contribution in [0.15, 0.2) is 225 Å². The highest BCUT2D eigenvalue weighted by Gasteiger charge is 2.14. The van der Waals surface area contributed by atoms with Gasteiger partial charge in [0.25, 0.3) is 11.8 Å². The maximum absolute atomic E-state index is 12.9. The van der Waals surface area contributed by atoms with Gasteiger partial charge in [-0.25, -0.2) is 15.0 Å². The molecule has 0 fully saturated rings. The Morgan fingerprint density at radius 2 is 0.894 bits per heavy atom. The molecule has 6 aromatic carbocycles. The topological polar surface area (TPSA) is 227 Å².